The van der Waals surface area contributed by atoms with E-state index in [2.05, 4.69) is 10.6 Å². The standard InChI is InChI=1S/C11H20N2O5/c1-6(14)8(9(16)17)13-7(15)5-12-10(18)11(2,3)4/h6,8,14H,5H2,1-4H3,(H,12,18)(H,13,15)(H,16,17)/t6-,8+/m1/s1. The number of rotatable bonds is 5. The minimum atomic E-state index is -1.39. The summed E-state index contributed by atoms with van der Waals surface area (Å²) in [6, 6.07) is -1.39. The van der Waals surface area contributed by atoms with Gasteiger partial charge >= 0.3 is 5.97 Å². The third kappa shape index (κ3) is 5.62. The summed E-state index contributed by atoms with van der Waals surface area (Å²) < 4.78 is 0. The van der Waals surface area contributed by atoms with E-state index in [1.54, 1.807) is 20.8 Å². The summed E-state index contributed by atoms with van der Waals surface area (Å²) in [5.41, 5.74) is -0.628. The Balaban J connectivity index is 4.28. The van der Waals surface area contributed by atoms with Crippen molar-refractivity contribution in [3.8, 4) is 0 Å². The van der Waals surface area contributed by atoms with Gasteiger partial charge in [-0.3, -0.25) is 9.59 Å². The quantitative estimate of drug-likeness (QED) is 0.511. The van der Waals surface area contributed by atoms with E-state index in [-0.39, 0.29) is 12.5 Å². The first-order chi connectivity index (χ1) is 8.05. The van der Waals surface area contributed by atoms with Crippen LogP contribution < -0.4 is 10.6 Å². The van der Waals surface area contributed by atoms with Crippen molar-refractivity contribution in [3.05, 3.63) is 0 Å². The number of nitrogens with one attached hydrogen (secondary N) is 2. The van der Waals surface area contributed by atoms with Gasteiger partial charge in [-0.25, -0.2) is 4.79 Å². The van der Waals surface area contributed by atoms with Gasteiger partial charge in [0.05, 0.1) is 12.6 Å². The van der Waals surface area contributed by atoms with Gasteiger partial charge in [-0.2, -0.15) is 0 Å². The van der Waals surface area contributed by atoms with Gasteiger partial charge in [0.15, 0.2) is 6.04 Å². The molecule has 0 aliphatic rings. The molecule has 4 N–H and O–H groups in total. The first-order valence-electron chi connectivity index (χ1n) is 5.54. The summed E-state index contributed by atoms with van der Waals surface area (Å²) in [5, 5.41) is 22.4. The van der Waals surface area contributed by atoms with Crippen LogP contribution in [0.4, 0.5) is 0 Å². The fourth-order valence-corrected chi connectivity index (χ4v) is 1.04. The average molecular weight is 260 g/mol. The second kappa shape index (κ2) is 6.34. The SMILES string of the molecule is C[C@@H](O)[C@H](NC(=O)CNC(=O)C(C)(C)C)C(=O)O. The summed E-state index contributed by atoms with van der Waals surface area (Å²) in [4.78, 5) is 33.6. The molecule has 0 radical (unpaired) electrons. The highest BCUT2D eigenvalue weighted by molar-refractivity contribution is 5.89. The maximum atomic E-state index is 11.5. The van der Waals surface area contributed by atoms with Gasteiger partial charge in [-0.15, -0.1) is 0 Å². The Morgan fingerprint density at radius 1 is 1.22 bits per heavy atom. The van der Waals surface area contributed by atoms with E-state index in [1.807, 2.05) is 0 Å². The van der Waals surface area contributed by atoms with Crippen LogP contribution in [0.1, 0.15) is 27.7 Å². The molecule has 0 aromatic rings. The van der Waals surface area contributed by atoms with E-state index in [1.165, 1.54) is 6.92 Å². The number of aliphatic carboxylic acids is 1. The van der Waals surface area contributed by atoms with Crippen LogP contribution in [0.25, 0.3) is 0 Å². The predicted molar refractivity (Wildman–Crippen MR) is 63.7 cm³/mol. The van der Waals surface area contributed by atoms with Crippen LogP contribution in [0.2, 0.25) is 0 Å². The number of carbonyl (C=O) groups is 3. The molecule has 0 aliphatic carbocycles. The fraction of sp³-hybridized carbons (Fsp3) is 0.727. The second-order valence-electron chi connectivity index (χ2n) is 5.06. The lowest BCUT2D eigenvalue weighted by Gasteiger charge is -2.19. The van der Waals surface area contributed by atoms with E-state index >= 15 is 0 Å². The molecule has 0 unspecified atom stereocenters. The number of carboxylic acids is 1. The number of carboxylic acid groups (broad SMARTS) is 1. The van der Waals surface area contributed by atoms with Crippen LogP contribution in [0.15, 0.2) is 0 Å². The van der Waals surface area contributed by atoms with Gasteiger partial charge in [-0.05, 0) is 6.92 Å². The van der Waals surface area contributed by atoms with Gasteiger partial charge in [-0.1, -0.05) is 20.8 Å². The number of aliphatic hydroxyl groups excluding tert-OH is 1. The van der Waals surface area contributed by atoms with E-state index in [9.17, 15) is 14.4 Å². The Bertz CT molecular complexity index is 333. The number of carbonyl (C=O) groups excluding carboxylic acids is 2. The first kappa shape index (κ1) is 16.4. The topological polar surface area (TPSA) is 116 Å². The van der Waals surface area contributed by atoms with Crippen LogP contribution in [-0.2, 0) is 14.4 Å². The third-order valence-corrected chi connectivity index (χ3v) is 2.16. The highest BCUT2D eigenvalue weighted by Gasteiger charge is 2.26. The van der Waals surface area contributed by atoms with Crippen molar-refractivity contribution >= 4 is 17.8 Å². The number of amides is 2. The second-order valence-corrected chi connectivity index (χ2v) is 5.06. The molecule has 0 rings (SSSR count). The molecule has 0 aromatic carbocycles. The first-order valence-corrected chi connectivity index (χ1v) is 5.54. The molecule has 0 spiro atoms. The smallest absolute Gasteiger partial charge is 0.328 e. The molecule has 0 aromatic heterocycles. The van der Waals surface area contributed by atoms with E-state index in [0.29, 0.717) is 0 Å². The molecule has 18 heavy (non-hydrogen) atoms. The van der Waals surface area contributed by atoms with E-state index < -0.39 is 29.4 Å². The minimum Gasteiger partial charge on any atom is -0.480 e. The molecule has 0 saturated carbocycles. The van der Waals surface area contributed by atoms with Crippen molar-refractivity contribution in [2.24, 2.45) is 5.41 Å². The molecule has 0 aliphatic heterocycles. The molecule has 0 heterocycles. The minimum absolute atomic E-state index is 0.318. The van der Waals surface area contributed by atoms with Crippen molar-refractivity contribution < 1.29 is 24.6 Å². The van der Waals surface area contributed by atoms with Crippen molar-refractivity contribution in [1.29, 1.82) is 0 Å². The molecule has 0 bridgehead atoms. The zero-order valence-electron chi connectivity index (χ0n) is 11.0. The Morgan fingerprint density at radius 3 is 2.06 bits per heavy atom. The van der Waals surface area contributed by atoms with Crippen LogP contribution in [0, 0.1) is 5.41 Å². The Morgan fingerprint density at radius 2 is 1.72 bits per heavy atom. The molecule has 2 atom stereocenters. The van der Waals surface area contributed by atoms with Crippen LogP contribution in [-0.4, -0.2) is 46.7 Å². The number of hydrogen-bond acceptors (Lipinski definition) is 4. The monoisotopic (exact) mass is 260 g/mol. The molecular formula is C11H20N2O5. The average Bonchev–Trinajstić information content (AvgIpc) is 2.19. The lowest BCUT2D eigenvalue weighted by Crippen LogP contribution is -2.51. The van der Waals surface area contributed by atoms with Gasteiger partial charge in [0.1, 0.15) is 0 Å². The third-order valence-electron chi connectivity index (χ3n) is 2.16. The van der Waals surface area contributed by atoms with Crippen LogP contribution in [0.3, 0.4) is 0 Å². The van der Waals surface area contributed by atoms with Crippen molar-refractivity contribution in [2.45, 2.75) is 39.8 Å². The zero-order chi connectivity index (χ0) is 14.5. The Hall–Kier alpha value is -1.63. The maximum absolute atomic E-state index is 11.5. The van der Waals surface area contributed by atoms with Crippen molar-refractivity contribution in [2.75, 3.05) is 6.54 Å². The van der Waals surface area contributed by atoms with E-state index in [4.69, 9.17) is 10.2 Å². The van der Waals surface area contributed by atoms with Crippen molar-refractivity contribution in [3.63, 3.8) is 0 Å². The fourth-order valence-electron chi connectivity index (χ4n) is 1.04. The van der Waals surface area contributed by atoms with Crippen molar-refractivity contribution in [1.82, 2.24) is 10.6 Å². The lowest BCUT2D eigenvalue weighted by molar-refractivity contribution is -0.144. The number of hydrogen-bond donors (Lipinski definition) is 4. The molecule has 104 valence electrons. The molecule has 7 nitrogen and oxygen atoms in total. The highest BCUT2D eigenvalue weighted by Crippen LogP contribution is 2.11. The van der Waals surface area contributed by atoms with Crippen LogP contribution >= 0.6 is 0 Å². The normalized spacial score (nSPS) is 14.5. The number of aliphatic hydroxyl groups is 1. The summed E-state index contributed by atoms with van der Waals surface area (Å²) in [7, 11) is 0. The van der Waals surface area contributed by atoms with E-state index in [0.717, 1.165) is 0 Å². The molecule has 0 fully saturated rings. The largest absolute Gasteiger partial charge is 0.480 e. The predicted octanol–water partition coefficient (Wildman–Crippen LogP) is -0.901. The van der Waals surface area contributed by atoms with Gasteiger partial charge in [0.25, 0.3) is 0 Å². The van der Waals surface area contributed by atoms with Gasteiger partial charge < -0.3 is 20.8 Å². The van der Waals surface area contributed by atoms with Gasteiger partial charge in [0, 0.05) is 5.41 Å². The van der Waals surface area contributed by atoms with Gasteiger partial charge in [0.2, 0.25) is 11.8 Å². The summed E-state index contributed by atoms with van der Waals surface area (Å²) in [6.45, 7) is 6.00. The lowest BCUT2D eigenvalue weighted by atomic mass is 9.96. The zero-order valence-corrected chi connectivity index (χ0v) is 11.0. The highest BCUT2D eigenvalue weighted by atomic mass is 16.4. The summed E-state index contributed by atoms with van der Waals surface area (Å²) in [6.07, 6.45) is -1.22. The molecule has 2 amide bonds. The molecule has 0 saturated heterocycles. The summed E-state index contributed by atoms with van der Waals surface area (Å²) >= 11 is 0. The molecular weight excluding hydrogens is 240 g/mol. The summed E-state index contributed by atoms with van der Waals surface area (Å²) in [5.74, 6) is -2.32. The molecule has 7 heteroatoms. The Kier molecular flexibility index (Phi) is 5.77. The maximum Gasteiger partial charge on any atom is 0.328 e. The Labute approximate surface area is 106 Å². The van der Waals surface area contributed by atoms with Crippen LogP contribution in [0.5, 0.6) is 0 Å².